The maximum atomic E-state index is 13.4. The number of thioether (sulfide) groups is 1. The first-order chi connectivity index (χ1) is 14.5. The molecular weight excluding hydrogens is 432 g/mol. The van der Waals surface area contributed by atoms with E-state index >= 15 is 0 Å². The summed E-state index contributed by atoms with van der Waals surface area (Å²) in [6.07, 6.45) is 1.57. The minimum Gasteiger partial charge on any atom is -0.467 e. The Balaban J connectivity index is 1.59. The maximum absolute atomic E-state index is 13.4. The van der Waals surface area contributed by atoms with Crippen LogP contribution >= 0.6 is 23.4 Å². The zero-order valence-corrected chi connectivity index (χ0v) is 17.0. The van der Waals surface area contributed by atoms with Crippen molar-refractivity contribution < 1.29 is 18.0 Å². The standard InChI is InChI=1S/C21H14ClF2N3O2S/c22-15-6-3-13(4-7-15)20-25-26-21(27(20)11-16-2-1-9-29-16)30-12-19(28)14-5-8-17(23)18(24)10-14/h1-10H,11-12H2. The van der Waals surface area contributed by atoms with Gasteiger partial charge in [0.1, 0.15) is 5.76 Å². The maximum Gasteiger partial charge on any atom is 0.192 e. The lowest BCUT2D eigenvalue weighted by molar-refractivity contribution is 0.102. The molecule has 0 saturated carbocycles. The molecule has 0 radical (unpaired) electrons. The van der Waals surface area contributed by atoms with E-state index in [1.54, 1.807) is 24.5 Å². The SMILES string of the molecule is O=C(CSc1nnc(-c2ccc(Cl)cc2)n1Cc1ccco1)c1ccc(F)c(F)c1. The molecule has 0 N–H and O–H groups in total. The summed E-state index contributed by atoms with van der Waals surface area (Å²) in [4.78, 5) is 12.4. The fourth-order valence-electron chi connectivity index (χ4n) is 2.79. The quantitative estimate of drug-likeness (QED) is 0.278. The largest absolute Gasteiger partial charge is 0.467 e. The van der Waals surface area contributed by atoms with E-state index in [4.69, 9.17) is 16.0 Å². The van der Waals surface area contributed by atoms with Gasteiger partial charge in [-0.15, -0.1) is 10.2 Å². The average molecular weight is 446 g/mol. The Morgan fingerprint density at radius 1 is 1.07 bits per heavy atom. The van der Waals surface area contributed by atoms with Gasteiger partial charge in [-0.05, 0) is 54.6 Å². The van der Waals surface area contributed by atoms with Gasteiger partial charge in [-0.25, -0.2) is 8.78 Å². The van der Waals surface area contributed by atoms with Crippen LogP contribution in [0, 0.1) is 11.6 Å². The first kappa shape index (κ1) is 20.3. The number of Topliss-reactive ketones (excluding diaryl/α,β-unsaturated/α-hetero) is 1. The highest BCUT2D eigenvalue weighted by Crippen LogP contribution is 2.27. The van der Waals surface area contributed by atoms with Crippen LogP contribution < -0.4 is 0 Å². The summed E-state index contributed by atoms with van der Waals surface area (Å²) in [6.45, 7) is 0.361. The number of halogens is 3. The zero-order valence-electron chi connectivity index (χ0n) is 15.4. The fourth-order valence-corrected chi connectivity index (χ4v) is 3.75. The zero-order chi connectivity index (χ0) is 21.1. The van der Waals surface area contributed by atoms with Crippen molar-refractivity contribution in [2.24, 2.45) is 0 Å². The molecule has 152 valence electrons. The van der Waals surface area contributed by atoms with E-state index in [2.05, 4.69) is 10.2 Å². The number of rotatable bonds is 7. The minimum atomic E-state index is -1.06. The smallest absolute Gasteiger partial charge is 0.192 e. The molecule has 0 unspecified atom stereocenters. The van der Waals surface area contributed by atoms with Crippen LogP contribution in [-0.2, 0) is 6.54 Å². The molecule has 0 fully saturated rings. The molecule has 9 heteroatoms. The highest BCUT2D eigenvalue weighted by atomic mass is 35.5. The van der Waals surface area contributed by atoms with E-state index in [0.29, 0.717) is 28.3 Å². The number of ketones is 1. The van der Waals surface area contributed by atoms with E-state index in [1.807, 2.05) is 22.8 Å². The molecule has 5 nitrogen and oxygen atoms in total. The molecule has 0 amide bonds. The monoisotopic (exact) mass is 445 g/mol. The summed E-state index contributed by atoms with van der Waals surface area (Å²) in [6, 6.07) is 13.8. The van der Waals surface area contributed by atoms with Gasteiger partial charge < -0.3 is 4.42 Å². The van der Waals surface area contributed by atoms with Crippen LogP contribution in [0.3, 0.4) is 0 Å². The number of aromatic nitrogens is 3. The summed E-state index contributed by atoms with van der Waals surface area (Å²) < 4.78 is 33.8. The molecule has 0 atom stereocenters. The number of hydrogen-bond donors (Lipinski definition) is 0. The van der Waals surface area contributed by atoms with Crippen LogP contribution in [0.1, 0.15) is 16.1 Å². The number of hydrogen-bond acceptors (Lipinski definition) is 5. The molecule has 0 aliphatic heterocycles. The molecule has 30 heavy (non-hydrogen) atoms. The van der Waals surface area contributed by atoms with Crippen LogP contribution in [0.4, 0.5) is 8.78 Å². The first-order valence-corrected chi connectivity index (χ1v) is 10.2. The van der Waals surface area contributed by atoms with Gasteiger partial charge in [-0.1, -0.05) is 23.4 Å². The molecule has 0 saturated heterocycles. The van der Waals surface area contributed by atoms with Gasteiger partial charge in [-0.2, -0.15) is 0 Å². The van der Waals surface area contributed by atoms with Gasteiger partial charge in [0, 0.05) is 16.1 Å². The lowest BCUT2D eigenvalue weighted by Crippen LogP contribution is -2.07. The van der Waals surface area contributed by atoms with Crippen LogP contribution in [0.25, 0.3) is 11.4 Å². The Kier molecular flexibility index (Phi) is 5.96. The van der Waals surface area contributed by atoms with Crippen molar-refractivity contribution >= 4 is 29.1 Å². The predicted molar refractivity (Wildman–Crippen MR) is 110 cm³/mol. The van der Waals surface area contributed by atoms with Crippen molar-refractivity contribution in [2.45, 2.75) is 11.7 Å². The molecule has 4 rings (SSSR count). The third-order valence-corrected chi connectivity index (χ3v) is 5.51. The van der Waals surface area contributed by atoms with Gasteiger partial charge in [0.05, 0.1) is 18.6 Å². The Hall–Kier alpha value is -2.97. The van der Waals surface area contributed by atoms with Crippen LogP contribution in [0.5, 0.6) is 0 Å². The summed E-state index contributed by atoms with van der Waals surface area (Å²) in [7, 11) is 0. The summed E-state index contributed by atoms with van der Waals surface area (Å²) >= 11 is 7.13. The number of benzene rings is 2. The highest BCUT2D eigenvalue weighted by Gasteiger charge is 2.18. The van der Waals surface area contributed by atoms with Crippen LogP contribution in [-0.4, -0.2) is 26.3 Å². The number of carbonyl (C=O) groups excluding carboxylic acids is 1. The first-order valence-electron chi connectivity index (χ1n) is 8.84. The molecule has 0 spiro atoms. The minimum absolute atomic E-state index is 0.0119. The molecule has 2 aromatic carbocycles. The molecular formula is C21H14ClF2N3O2S. The topological polar surface area (TPSA) is 60.9 Å². The predicted octanol–water partition coefficient (Wildman–Crippen LogP) is 5.49. The van der Waals surface area contributed by atoms with Crippen molar-refractivity contribution in [3.63, 3.8) is 0 Å². The van der Waals surface area contributed by atoms with Crippen LogP contribution in [0.2, 0.25) is 5.02 Å². The molecule has 2 aromatic heterocycles. The molecule has 2 heterocycles. The van der Waals surface area contributed by atoms with E-state index in [9.17, 15) is 13.6 Å². The normalized spacial score (nSPS) is 11.0. The fraction of sp³-hybridized carbons (Fsp3) is 0.0952. The second kappa shape index (κ2) is 8.81. The highest BCUT2D eigenvalue weighted by molar-refractivity contribution is 7.99. The molecule has 0 bridgehead atoms. The summed E-state index contributed by atoms with van der Waals surface area (Å²) in [5, 5.41) is 9.56. The molecule has 0 aliphatic carbocycles. The third-order valence-electron chi connectivity index (χ3n) is 4.29. The van der Waals surface area contributed by atoms with Crippen molar-refractivity contribution in [2.75, 3.05) is 5.75 Å². The Morgan fingerprint density at radius 3 is 2.57 bits per heavy atom. The van der Waals surface area contributed by atoms with Gasteiger partial charge in [0.25, 0.3) is 0 Å². The van der Waals surface area contributed by atoms with E-state index in [1.165, 1.54) is 6.07 Å². The van der Waals surface area contributed by atoms with E-state index < -0.39 is 11.6 Å². The van der Waals surface area contributed by atoms with Gasteiger partial charge >= 0.3 is 0 Å². The summed E-state index contributed by atoms with van der Waals surface area (Å²) in [5.41, 5.74) is 0.897. The lowest BCUT2D eigenvalue weighted by Gasteiger charge is -2.09. The average Bonchev–Trinajstić information content (AvgIpc) is 3.39. The van der Waals surface area contributed by atoms with Gasteiger partial charge in [0.2, 0.25) is 0 Å². The molecule has 0 aliphatic rings. The van der Waals surface area contributed by atoms with Crippen molar-refractivity contribution in [3.05, 3.63) is 88.8 Å². The Bertz CT molecular complexity index is 1180. The van der Waals surface area contributed by atoms with Crippen LogP contribution in [0.15, 0.2) is 70.4 Å². The number of carbonyl (C=O) groups is 1. The Morgan fingerprint density at radius 2 is 1.87 bits per heavy atom. The van der Waals surface area contributed by atoms with Crippen molar-refractivity contribution in [1.82, 2.24) is 14.8 Å². The van der Waals surface area contributed by atoms with Gasteiger partial charge in [0.15, 0.2) is 28.4 Å². The number of nitrogens with zero attached hydrogens (tertiary/aromatic N) is 3. The Labute approximate surface area is 179 Å². The lowest BCUT2D eigenvalue weighted by atomic mass is 10.1. The third kappa shape index (κ3) is 4.44. The second-order valence-corrected chi connectivity index (χ2v) is 7.70. The second-order valence-electron chi connectivity index (χ2n) is 6.32. The van der Waals surface area contributed by atoms with Crippen molar-refractivity contribution in [3.8, 4) is 11.4 Å². The van der Waals surface area contributed by atoms with E-state index in [0.717, 1.165) is 29.5 Å². The molecule has 4 aromatic rings. The summed E-state index contributed by atoms with van der Waals surface area (Å²) in [5.74, 6) is -1.13. The van der Waals surface area contributed by atoms with Gasteiger partial charge in [-0.3, -0.25) is 9.36 Å². The number of furan rings is 1. The van der Waals surface area contributed by atoms with Crippen molar-refractivity contribution in [1.29, 1.82) is 0 Å². The van der Waals surface area contributed by atoms with E-state index in [-0.39, 0.29) is 17.1 Å².